The number of nitrogens with zero attached hydrogens (tertiary/aromatic N) is 2. The molecule has 0 bridgehead atoms. The van der Waals surface area contributed by atoms with Gasteiger partial charge in [0.1, 0.15) is 11.4 Å². The number of allylic oxidation sites excluding steroid dienone is 3. The van der Waals surface area contributed by atoms with Crippen LogP contribution in [0.4, 0.5) is 25.1 Å². The fraction of sp³-hybridized carbons (Fsp3) is 0.433. The number of nitrogens with one attached hydrogen (secondary N) is 2. The van der Waals surface area contributed by atoms with Gasteiger partial charge in [-0.2, -0.15) is 0 Å². The molecule has 1 heterocycles. The maximum atomic E-state index is 14.1. The Labute approximate surface area is 228 Å². The van der Waals surface area contributed by atoms with E-state index in [0.717, 1.165) is 42.4 Å². The number of anilines is 1. The van der Waals surface area contributed by atoms with E-state index in [4.69, 9.17) is 15.6 Å². The molecule has 0 atom stereocenters. The Bertz CT molecular complexity index is 1300. The smallest absolute Gasteiger partial charge is 0.408 e. The van der Waals surface area contributed by atoms with Crippen molar-refractivity contribution in [2.75, 3.05) is 5.43 Å². The van der Waals surface area contributed by atoms with Crippen molar-refractivity contribution < 1.29 is 18.3 Å². The maximum Gasteiger partial charge on any atom is 0.408 e. The molecule has 0 saturated heterocycles. The molecule has 1 saturated carbocycles. The van der Waals surface area contributed by atoms with Gasteiger partial charge >= 0.3 is 6.09 Å². The number of aryl methyl sites for hydroxylation is 1. The quantitative estimate of drug-likeness (QED) is 0.200. The van der Waals surface area contributed by atoms with E-state index in [2.05, 4.69) is 28.4 Å². The van der Waals surface area contributed by atoms with Crippen LogP contribution >= 0.6 is 0 Å². The Kier molecular flexibility index (Phi) is 7.93. The summed E-state index contributed by atoms with van der Waals surface area (Å²) in [6.45, 7) is 11.4. The van der Waals surface area contributed by atoms with Crippen LogP contribution < -0.4 is 16.6 Å². The molecule has 4 rings (SSSR count). The molecule has 1 aromatic carbocycles. The molecule has 9 heteroatoms. The highest BCUT2D eigenvalue weighted by Gasteiger charge is 2.58. The molecule has 7 nitrogen and oxygen atoms in total. The number of rotatable bonds is 7. The second-order valence-electron chi connectivity index (χ2n) is 11.4. The summed E-state index contributed by atoms with van der Waals surface area (Å²) in [6, 6.07) is 10.8. The number of hydrazine groups is 1. The van der Waals surface area contributed by atoms with Gasteiger partial charge in [0, 0.05) is 18.4 Å². The van der Waals surface area contributed by atoms with Crippen LogP contribution in [0.3, 0.4) is 0 Å². The number of alkyl halides is 2. The van der Waals surface area contributed by atoms with Crippen LogP contribution in [-0.2, 0) is 10.3 Å². The zero-order valence-corrected chi connectivity index (χ0v) is 23.0. The number of nitrogen functional groups attached to an aromatic ring is 1. The molecule has 0 radical (unpaired) electrons. The molecule has 1 amide bonds. The highest BCUT2D eigenvalue weighted by Crippen LogP contribution is 2.51. The Morgan fingerprint density at radius 1 is 1.13 bits per heavy atom. The standard InChI is InChI=1S/C30H37F2N5O2/c1-19(21-9-7-6-8-10-21)26(35-24-15-16-25(37-33)34-20(24)2)22-11-13-23(14-12-22)29(17-30(31,32)18-29)36-27(38)39-28(3,4)5/h9,11-16H,1,6-8,10,17-18,33H2,2-5H3,(H,34,37)(H,36,38)/b35-26+. The minimum Gasteiger partial charge on any atom is -0.444 e. The minimum absolute atomic E-state index is 0.495. The summed E-state index contributed by atoms with van der Waals surface area (Å²) in [7, 11) is 0. The average Bonchev–Trinajstić information content (AvgIpc) is 2.86. The van der Waals surface area contributed by atoms with E-state index in [9.17, 15) is 13.6 Å². The normalized spacial score (nSPS) is 18.4. The van der Waals surface area contributed by atoms with Gasteiger partial charge in [-0.3, -0.25) is 0 Å². The number of hydrogen-bond donors (Lipinski definition) is 3. The molecule has 2 aliphatic rings. The number of amides is 1. The fourth-order valence-electron chi connectivity index (χ4n) is 5.09. The van der Waals surface area contributed by atoms with Gasteiger partial charge < -0.3 is 15.5 Å². The van der Waals surface area contributed by atoms with Crippen molar-refractivity contribution in [1.82, 2.24) is 10.3 Å². The number of hydrogen-bond acceptors (Lipinski definition) is 6. The number of aliphatic imine (C=N–C) groups is 1. The van der Waals surface area contributed by atoms with Crippen LogP contribution in [0.1, 0.15) is 76.1 Å². The predicted molar refractivity (Wildman–Crippen MR) is 150 cm³/mol. The van der Waals surface area contributed by atoms with Crippen LogP contribution in [0.2, 0.25) is 0 Å². The lowest BCUT2D eigenvalue weighted by molar-refractivity contribution is -0.136. The first kappa shape index (κ1) is 28.4. The Balaban J connectivity index is 1.70. The van der Waals surface area contributed by atoms with Gasteiger partial charge in [0.05, 0.1) is 22.6 Å². The van der Waals surface area contributed by atoms with Crippen molar-refractivity contribution in [3.63, 3.8) is 0 Å². The second kappa shape index (κ2) is 10.9. The number of nitrogens with two attached hydrogens (primary N) is 1. The third-order valence-electron chi connectivity index (χ3n) is 6.97. The van der Waals surface area contributed by atoms with Crippen LogP contribution in [-0.4, -0.2) is 28.3 Å². The molecule has 2 aliphatic carbocycles. The molecular weight excluding hydrogens is 500 g/mol. The number of carbonyl (C=O) groups is 1. The number of pyridine rings is 1. The minimum atomic E-state index is -2.86. The summed E-state index contributed by atoms with van der Waals surface area (Å²) in [5.74, 6) is 3.17. The van der Waals surface area contributed by atoms with E-state index < -0.39 is 36.0 Å². The highest BCUT2D eigenvalue weighted by molar-refractivity contribution is 6.16. The molecule has 4 N–H and O–H groups in total. The SMILES string of the molecule is C=C(C1=CCCCC1)/C(=N\c1ccc(NN)nc1C)c1ccc(C2(NC(=O)OC(C)(C)C)CC(F)(F)C2)cc1. The number of halogens is 2. The number of aromatic nitrogens is 1. The molecule has 0 spiro atoms. The number of benzene rings is 1. The molecule has 0 aliphatic heterocycles. The Morgan fingerprint density at radius 3 is 2.36 bits per heavy atom. The van der Waals surface area contributed by atoms with E-state index in [1.807, 2.05) is 25.1 Å². The van der Waals surface area contributed by atoms with E-state index in [0.29, 0.717) is 28.5 Å². The molecule has 208 valence electrons. The second-order valence-corrected chi connectivity index (χ2v) is 11.4. The van der Waals surface area contributed by atoms with E-state index in [1.165, 1.54) is 0 Å². The lowest BCUT2D eigenvalue weighted by Gasteiger charge is -2.48. The van der Waals surface area contributed by atoms with Crippen LogP contribution in [0.25, 0.3) is 0 Å². The molecular formula is C30H37F2N5O2. The Hall–Kier alpha value is -3.59. The summed E-state index contributed by atoms with van der Waals surface area (Å²) in [5.41, 5.74) is 5.97. The summed E-state index contributed by atoms with van der Waals surface area (Å²) >= 11 is 0. The predicted octanol–water partition coefficient (Wildman–Crippen LogP) is 7.00. The summed E-state index contributed by atoms with van der Waals surface area (Å²) in [5, 5.41) is 2.72. The van der Waals surface area contributed by atoms with Crippen LogP contribution in [0, 0.1) is 6.92 Å². The number of carbonyl (C=O) groups excluding carboxylic acids is 1. The molecule has 39 heavy (non-hydrogen) atoms. The maximum absolute atomic E-state index is 14.1. The molecule has 1 aromatic heterocycles. The zero-order valence-electron chi connectivity index (χ0n) is 23.0. The van der Waals surface area contributed by atoms with Gasteiger partial charge in [-0.25, -0.2) is 29.4 Å². The topological polar surface area (TPSA) is 102 Å². The van der Waals surface area contributed by atoms with Crippen molar-refractivity contribution in [2.45, 2.75) is 83.3 Å². The lowest BCUT2D eigenvalue weighted by Crippen LogP contribution is -2.60. The van der Waals surface area contributed by atoms with Gasteiger partial charge in [-0.05, 0) is 82.2 Å². The summed E-state index contributed by atoms with van der Waals surface area (Å²) < 4.78 is 33.6. The van der Waals surface area contributed by atoms with Gasteiger partial charge in [-0.15, -0.1) is 0 Å². The first-order valence-electron chi connectivity index (χ1n) is 13.2. The molecule has 1 fully saturated rings. The van der Waals surface area contributed by atoms with Crippen molar-refractivity contribution in [3.8, 4) is 0 Å². The lowest BCUT2D eigenvalue weighted by atomic mass is 9.69. The largest absolute Gasteiger partial charge is 0.444 e. The van der Waals surface area contributed by atoms with E-state index in [1.54, 1.807) is 39.0 Å². The van der Waals surface area contributed by atoms with Crippen molar-refractivity contribution in [3.05, 3.63) is 77.0 Å². The first-order valence-corrected chi connectivity index (χ1v) is 13.2. The van der Waals surface area contributed by atoms with E-state index >= 15 is 0 Å². The monoisotopic (exact) mass is 537 g/mol. The zero-order chi connectivity index (χ0) is 28.4. The fourth-order valence-corrected chi connectivity index (χ4v) is 5.09. The molecule has 2 aromatic rings. The van der Waals surface area contributed by atoms with E-state index in [-0.39, 0.29) is 0 Å². The third-order valence-corrected chi connectivity index (χ3v) is 6.97. The first-order chi connectivity index (χ1) is 18.3. The number of ether oxygens (including phenoxy) is 1. The van der Waals surface area contributed by atoms with Gasteiger partial charge in [0.25, 0.3) is 5.92 Å². The number of alkyl carbamates (subject to hydrolysis) is 1. The van der Waals surface area contributed by atoms with Crippen LogP contribution in [0.15, 0.2) is 65.2 Å². The highest BCUT2D eigenvalue weighted by atomic mass is 19.3. The van der Waals surface area contributed by atoms with Crippen molar-refractivity contribution in [1.29, 1.82) is 0 Å². The molecule has 0 unspecified atom stereocenters. The summed E-state index contributed by atoms with van der Waals surface area (Å²) in [4.78, 5) is 21.9. The van der Waals surface area contributed by atoms with Gasteiger partial charge in [-0.1, -0.05) is 36.9 Å². The average molecular weight is 538 g/mol. The Morgan fingerprint density at radius 2 is 1.82 bits per heavy atom. The van der Waals surface area contributed by atoms with Gasteiger partial charge in [0.15, 0.2) is 0 Å². The van der Waals surface area contributed by atoms with Crippen molar-refractivity contribution in [2.24, 2.45) is 10.8 Å². The summed E-state index contributed by atoms with van der Waals surface area (Å²) in [6.07, 6.45) is 4.63. The van der Waals surface area contributed by atoms with Crippen molar-refractivity contribution >= 4 is 23.3 Å². The van der Waals surface area contributed by atoms with Crippen LogP contribution in [0.5, 0.6) is 0 Å². The van der Waals surface area contributed by atoms with Gasteiger partial charge in [0.2, 0.25) is 0 Å². The third kappa shape index (κ3) is 6.71.